The van der Waals surface area contributed by atoms with Crippen molar-refractivity contribution in [3.8, 4) is 46.0 Å². The molecule has 0 saturated carbocycles. The van der Waals surface area contributed by atoms with Gasteiger partial charge in [0.05, 0.1) is 31.5 Å². The molecule has 0 fully saturated rings. The molecule has 0 spiro atoms. The summed E-state index contributed by atoms with van der Waals surface area (Å²) in [4.78, 5) is 4.37. The monoisotopic (exact) mass is 356 g/mol. The first kappa shape index (κ1) is 17.8. The SMILES string of the molecule is COc1ccc(-c2cc(-c3ccc(C#N)cc3)c(C#N)c(N)n2)cc1OC. The smallest absolute Gasteiger partial charge is 0.161 e. The molecule has 0 bridgehead atoms. The number of anilines is 1. The van der Waals surface area contributed by atoms with Crippen molar-refractivity contribution in [1.82, 2.24) is 4.98 Å². The van der Waals surface area contributed by atoms with Crippen LogP contribution in [0.2, 0.25) is 0 Å². The van der Waals surface area contributed by atoms with Crippen LogP contribution >= 0.6 is 0 Å². The Morgan fingerprint density at radius 2 is 1.52 bits per heavy atom. The van der Waals surface area contributed by atoms with Crippen LogP contribution < -0.4 is 15.2 Å². The number of aromatic nitrogens is 1. The first-order valence-electron chi connectivity index (χ1n) is 8.04. The van der Waals surface area contributed by atoms with Crippen LogP contribution in [-0.2, 0) is 0 Å². The Bertz CT molecular complexity index is 1080. The number of rotatable bonds is 4. The molecule has 6 heteroatoms. The van der Waals surface area contributed by atoms with Gasteiger partial charge < -0.3 is 15.2 Å². The maximum absolute atomic E-state index is 9.51. The summed E-state index contributed by atoms with van der Waals surface area (Å²) in [6.07, 6.45) is 0. The zero-order valence-corrected chi connectivity index (χ0v) is 14.9. The Labute approximate surface area is 157 Å². The molecule has 0 amide bonds. The van der Waals surface area contributed by atoms with E-state index in [4.69, 9.17) is 20.5 Å². The summed E-state index contributed by atoms with van der Waals surface area (Å²) in [5, 5.41) is 18.5. The predicted octanol–water partition coefficient (Wildman–Crippen LogP) is 3.76. The Balaban J connectivity index is 2.17. The normalized spacial score (nSPS) is 9.93. The van der Waals surface area contributed by atoms with E-state index in [0.717, 1.165) is 11.1 Å². The third-order valence-corrected chi connectivity index (χ3v) is 4.16. The number of nitrogen functional groups attached to an aromatic ring is 1. The molecule has 0 aliphatic carbocycles. The van der Waals surface area contributed by atoms with Gasteiger partial charge in [-0.15, -0.1) is 0 Å². The highest BCUT2D eigenvalue weighted by Crippen LogP contribution is 2.35. The Kier molecular flexibility index (Phi) is 4.92. The van der Waals surface area contributed by atoms with Gasteiger partial charge in [-0.3, -0.25) is 0 Å². The maximum Gasteiger partial charge on any atom is 0.161 e. The van der Waals surface area contributed by atoms with Crippen molar-refractivity contribution >= 4 is 5.82 Å². The van der Waals surface area contributed by atoms with Crippen LogP contribution in [0.1, 0.15) is 11.1 Å². The molecule has 1 aromatic heterocycles. The highest BCUT2D eigenvalue weighted by Gasteiger charge is 2.15. The molecule has 0 unspecified atom stereocenters. The molecule has 0 atom stereocenters. The predicted molar refractivity (Wildman–Crippen MR) is 102 cm³/mol. The molecule has 0 radical (unpaired) electrons. The number of benzene rings is 2. The summed E-state index contributed by atoms with van der Waals surface area (Å²) in [5.41, 5.74) is 9.70. The molecule has 3 rings (SSSR count). The molecule has 3 aromatic rings. The summed E-state index contributed by atoms with van der Waals surface area (Å²) < 4.78 is 10.6. The lowest BCUT2D eigenvalue weighted by Gasteiger charge is -2.12. The number of nitrogens with two attached hydrogens (primary N) is 1. The van der Waals surface area contributed by atoms with Crippen LogP contribution in [0.3, 0.4) is 0 Å². The summed E-state index contributed by atoms with van der Waals surface area (Å²) in [6, 6.07) is 18.4. The largest absolute Gasteiger partial charge is 0.493 e. The van der Waals surface area contributed by atoms with Crippen LogP contribution in [0.5, 0.6) is 11.5 Å². The van der Waals surface area contributed by atoms with Crippen molar-refractivity contribution in [2.75, 3.05) is 20.0 Å². The van der Waals surface area contributed by atoms with E-state index in [9.17, 15) is 5.26 Å². The second-order valence-corrected chi connectivity index (χ2v) is 5.69. The van der Waals surface area contributed by atoms with Crippen LogP contribution in [0.4, 0.5) is 5.82 Å². The molecule has 0 aliphatic heterocycles. The quantitative estimate of drug-likeness (QED) is 0.763. The van der Waals surface area contributed by atoms with Gasteiger partial charge in [0.15, 0.2) is 11.5 Å². The second kappa shape index (κ2) is 7.47. The van der Waals surface area contributed by atoms with Gasteiger partial charge >= 0.3 is 0 Å². The molecule has 2 N–H and O–H groups in total. The lowest BCUT2D eigenvalue weighted by atomic mass is 9.97. The molecule has 27 heavy (non-hydrogen) atoms. The van der Waals surface area contributed by atoms with Crippen molar-refractivity contribution in [3.05, 3.63) is 59.7 Å². The fourth-order valence-electron chi connectivity index (χ4n) is 2.78. The molecule has 0 saturated heterocycles. The fraction of sp³-hybridized carbons (Fsp3) is 0.0952. The molecule has 132 valence electrons. The number of nitriles is 2. The maximum atomic E-state index is 9.51. The minimum absolute atomic E-state index is 0.143. The standard InChI is InChI=1S/C21H16N4O2/c1-26-19-8-7-15(9-20(19)27-2)18-10-16(17(12-23)21(24)25-18)14-5-3-13(11-22)4-6-14/h3-10H,1-2H3,(H2,24,25). The first-order chi connectivity index (χ1) is 13.1. The minimum Gasteiger partial charge on any atom is -0.493 e. The molecular weight excluding hydrogens is 340 g/mol. The summed E-state index contributed by atoms with van der Waals surface area (Å²) in [7, 11) is 3.13. The lowest BCUT2D eigenvalue weighted by molar-refractivity contribution is 0.355. The minimum atomic E-state index is 0.143. The van der Waals surface area contributed by atoms with Gasteiger partial charge in [-0.25, -0.2) is 4.98 Å². The molecule has 0 aliphatic rings. The van der Waals surface area contributed by atoms with E-state index in [1.165, 1.54) is 0 Å². The van der Waals surface area contributed by atoms with E-state index in [1.807, 2.05) is 6.07 Å². The summed E-state index contributed by atoms with van der Waals surface area (Å²) in [5.74, 6) is 1.32. The number of pyridine rings is 1. The van der Waals surface area contributed by atoms with E-state index >= 15 is 0 Å². The van der Waals surface area contributed by atoms with Crippen molar-refractivity contribution in [3.63, 3.8) is 0 Å². The number of nitrogens with zero attached hydrogens (tertiary/aromatic N) is 3. The lowest BCUT2D eigenvalue weighted by Crippen LogP contribution is -2.00. The number of methoxy groups -OCH3 is 2. The fourth-order valence-corrected chi connectivity index (χ4v) is 2.78. The van der Waals surface area contributed by atoms with Crippen molar-refractivity contribution in [2.45, 2.75) is 0 Å². The number of hydrogen-bond donors (Lipinski definition) is 1. The van der Waals surface area contributed by atoms with Gasteiger partial charge in [-0.2, -0.15) is 10.5 Å². The van der Waals surface area contributed by atoms with E-state index in [-0.39, 0.29) is 5.82 Å². The van der Waals surface area contributed by atoms with Crippen molar-refractivity contribution in [2.24, 2.45) is 0 Å². The van der Waals surface area contributed by atoms with Gasteiger partial charge in [0, 0.05) is 11.1 Å². The average molecular weight is 356 g/mol. The van der Waals surface area contributed by atoms with Crippen LogP contribution in [0.25, 0.3) is 22.4 Å². The van der Waals surface area contributed by atoms with Gasteiger partial charge in [0.2, 0.25) is 0 Å². The van der Waals surface area contributed by atoms with Crippen LogP contribution in [0.15, 0.2) is 48.5 Å². The van der Waals surface area contributed by atoms with E-state index < -0.39 is 0 Å². The summed E-state index contributed by atoms with van der Waals surface area (Å²) in [6.45, 7) is 0. The van der Waals surface area contributed by atoms with Crippen molar-refractivity contribution in [1.29, 1.82) is 10.5 Å². The van der Waals surface area contributed by atoms with E-state index in [0.29, 0.717) is 33.9 Å². The first-order valence-corrected chi connectivity index (χ1v) is 8.04. The Morgan fingerprint density at radius 3 is 2.11 bits per heavy atom. The van der Waals surface area contributed by atoms with E-state index in [1.54, 1.807) is 56.7 Å². The zero-order chi connectivity index (χ0) is 19.4. The molecular formula is C21H16N4O2. The third kappa shape index (κ3) is 3.37. The molecule has 1 heterocycles. The van der Waals surface area contributed by atoms with Gasteiger partial charge in [-0.1, -0.05) is 12.1 Å². The third-order valence-electron chi connectivity index (χ3n) is 4.16. The van der Waals surface area contributed by atoms with E-state index in [2.05, 4.69) is 17.1 Å². The Hall–Kier alpha value is -4.03. The van der Waals surface area contributed by atoms with Gasteiger partial charge in [0.1, 0.15) is 17.5 Å². The zero-order valence-electron chi connectivity index (χ0n) is 14.9. The second-order valence-electron chi connectivity index (χ2n) is 5.69. The van der Waals surface area contributed by atoms with Crippen LogP contribution in [0, 0.1) is 22.7 Å². The average Bonchev–Trinajstić information content (AvgIpc) is 2.72. The highest BCUT2D eigenvalue weighted by atomic mass is 16.5. The van der Waals surface area contributed by atoms with Crippen molar-refractivity contribution < 1.29 is 9.47 Å². The topological polar surface area (TPSA) is 105 Å². The van der Waals surface area contributed by atoms with Gasteiger partial charge in [-0.05, 0) is 42.0 Å². The highest BCUT2D eigenvalue weighted by molar-refractivity contribution is 5.80. The molecule has 6 nitrogen and oxygen atoms in total. The van der Waals surface area contributed by atoms with Crippen LogP contribution in [-0.4, -0.2) is 19.2 Å². The number of ether oxygens (including phenoxy) is 2. The number of hydrogen-bond acceptors (Lipinski definition) is 6. The molecule has 2 aromatic carbocycles. The summed E-state index contributed by atoms with van der Waals surface area (Å²) >= 11 is 0. The Morgan fingerprint density at radius 1 is 0.852 bits per heavy atom. The van der Waals surface area contributed by atoms with Gasteiger partial charge in [0.25, 0.3) is 0 Å².